The number of nitrogens with one attached hydrogen (secondary N) is 1. The molecule has 0 aromatic heterocycles. The van der Waals surface area contributed by atoms with Crippen molar-refractivity contribution in [1.29, 1.82) is 10.5 Å². The fraction of sp³-hybridized carbons (Fsp3) is 0.231. The van der Waals surface area contributed by atoms with Crippen molar-refractivity contribution in [1.82, 2.24) is 0 Å². The Bertz CT molecular complexity index is 693. The van der Waals surface area contributed by atoms with E-state index in [2.05, 4.69) is 5.32 Å². The van der Waals surface area contributed by atoms with Crippen molar-refractivity contribution < 1.29 is 13.2 Å². The van der Waals surface area contributed by atoms with Crippen molar-refractivity contribution >= 4 is 15.5 Å². The van der Waals surface area contributed by atoms with Crippen LogP contribution in [0.3, 0.4) is 0 Å². The van der Waals surface area contributed by atoms with Crippen molar-refractivity contribution in [2.24, 2.45) is 0 Å². The summed E-state index contributed by atoms with van der Waals surface area (Å²) in [5, 5.41) is 20.0. The SMILES string of the molecule is CCS(=O)(=O)c1ccc(OC)c(NC=C(C#N)C#N)c1. The Hall–Kier alpha value is -2.51. The van der Waals surface area contributed by atoms with Crippen molar-refractivity contribution in [2.75, 3.05) is 18.2 Å². The highest BCUT2D eigenvalue weighted by atomic mass is 32.2. The zero-order valence-electron chi connectivity index (χ0n) is 11.0. The van der Waals surface area contributed by atoms with E-state index in [1.165, 1.54) is 31.5 Å². The molecular weight excluding hydrogens is 278 g/mol. The summed E-state index contributed by atoms with van der Waals surface area (Å²) >= 11 is 0. The van der Waals surface area contributed by atoms with Gasteiger partial charge in [0.15, 0.2) is 9.84 Å². The summed E-state index contributed by atoms with van der Waals surface area (Å²) in [5.41, 5.74) is 0.237. The summed E-state index contributed by atoms with van der Waals surface area (Å²) in [4.78, 5) is 0.146. The molecule has 0 amide bonds. The molecule has 0 saturated heterocycles. The first-order valence-corrected chi connectivity index (χ1v) is 7.31. The van der Waals surface area contributed by atoms with Gasteiger partial charge < -0.3 is 10.1 Å². The number of nitrogens with zero attached hydrogens (tertiary/aromatic N) is 2. The van der Waals surface area contributed by atoms with E-state index in [4.69, 9.17) is 15.3 Å². The van der Waals surface area contributed by atoms with E-state index in [0.717, 1.165) is 0 Å². The molecule has 0 aliphatic rings. The maximum atomic E-state index is 11.8. The molecule has 20 heavy (non-hydrogen) atoms. The van der Waals surface area contributed by atoms with Crippen LogP contribution in [0, 0.1) is 22.7 Å². The molecule has 6 nitrogen and oxygen atoms in total. The van der Waals surface area contributed by atoms with Crippen LogP contribution in [0.5, 0.6) is 5.75 Å². The van der Waals surface area contributed by atoms with Gasteiger partial charge in [0.25, 0.3) is 0 Å². The molecule has 0 radical (unpaired) electrons. The first kappa shape index (κ1) is 15.5. The summed E-state index contributed by atoms with van der Waals surface area (Å²) in [6.07, 6.45) is 1.19. The number of anilines is 1. The quantitative estimate of drug-likeness (QED) is 0.830. The summed E-state index contributed by atoms with van der Waals surface area (Å²) in [5.74, 6) is 0.391. The van der Waals surface area contributed by atoms with Gasteiger partial charge in [-0.2, -0.15) is 10.5 Å². The molecule has 7 heteroatoms. The standard InChI is InChI=1S/C13H13N3O3S/c1-3-20(17,18)11-4-5-13(19-2)12(6-11)16-9-10(7-14)8-15/h4-6,9,16H,3H2,1-2H3. The average Bonchev–Trinajstić information content (AvgIpc) is 2.48. The van der Waals surface area contributed by atoms with Gasteiger partial charge in [-0.3, -0.25) is 0 Å². The second-order valence-corrected chi connectivity index (χ2v) is 5.97. The van der Waals surface area contributed by atoms with E-state index < -0.39 is 9.84 Å². The zero-order chi connectivity index (χ0) is 15.2. The Morgan fingerprint density at radius 1 is 1.40 bits per heavy atom. The first-order chi connectivity index (χ1) is 9.48. The van der Waals surface area contributed by atoms with Crippen LogP contribution in [0.2, 0.25) is 0 Å². The van der Waals surface area contributed by atoms with E-state index >= 15 is 0 Å². The predicted molar refractivity (Wildman–Crippen MR) is 73.7 cm³/mol. The molecule has 1 aromatic rings. The van der Waals surface area contributed by atoms with Gasteiger partial charge in [0, 0.05) is 6.20 Å². The number of hydrogen-bond donors (Lipinski definition) is 1. The smallest absolute Gasteiger partial charge is 0.178 e. The Kier molecular flexibility index (Phi) is 5.13. The number of rotatable bonds is 5. The number of sulfone groups is 1. The van der Waals surface area contributed by atoms with Crippen LogP contribution in [0.25, 0.3) is 0 Å². The lowest BCUT2D eigenvalue weighted by Gasteiger charge is -2.10. The highest BCUT2D eigenvalue weighted by Crippen LogP contribution is 2.28. The van der Waals surface area contributed by atoms with Crippen LogP contribution in [0.4, 0.5) is 5.69 Å². The highest BCUT2D eigenvalue weighted by molar-refractivity contribution is 7.91. The Balaban J connectivity index is 3.25. The number of benzene rings is 1. The highest BCUT2D eigenvalue weighted by Gasteiger charge is 2.14. The van der Waals surface area contributed by atoms with Crippen LogP contribution < -0.4 is 10.1 Å². The minimum Gasteiger partial charge on any atom is -0.495 e. The fourth-order valence-electron chi connectivity index (χ4n) is 1.40. The van der Waals surface area contributed by atoms with E-state index in [0.29, 0.717) is 11.4 Å². The van der Waals surface area contributed by atoms with Gasteiger partial charge in [0.2, 0.25) is 0 Å². The number of methoxy groups -OCH3 is 1. The van der Waals surface area contributed by atoms with E-state index in [1.807, 2.05) is 0 Å². The monoisotopic (exact) mass is 291 g/mol. The zero-order valence-corrected chi connectivity index (χ0v) is 11.9. The average molecular weight is 291 g/mol. The van der Waals surface area contributed by atoms with Crippen LogP contribution >= 0.6 is 0 Å². The van der Waals surface area contributed by atoms with Crippen LogP contribution in [-0.4, -0.2) is 21.3 Å². The second-order valence-electron chi connectivity index (χ2n) is 3.69. The van der Waals surface area contributed by atoms with Gasteiger partial charge in [0.05, 0.1) is 23.4 Å². The number of ether oxygens (including phenoxy) is 1. The minimum absolute atomic E-state index is 0.0176. The molecule has 0 aliphatic heterocycles. The molecule has 0 unspecified atom stereocenters. The maximum Gasteiger partial charge on any atom is 0.178 e. The molecule has 1 N–H and O–H groups in total. The van der Waals surface area contributed by atoms with Crippen molar-refractivity contribution in [2.45, 2.75) is 11.8 Å². The van der Waals surface area contributed by atoms with Crippen molar-refractivity contribution in [3.05, 3.63) is 30.0 Å². The number of allylic oxidation sites excluding steroid dienone is 1. The minimum atomic E-state index is -3.34. The Morgan fingerprint density at radius 3 is 2.55 bits per heavy atom. The van der Waals surface area contributed by atoms with Gasteiger partial charge in [-0.25, -0.2) is 8.42 Å². The fourth-order valence-corrected chi connectivity index (χ4v) is 2.31. The molecule has 0 fully saturated rings. The molecule has 0 spiro atoms. The van der Waals surface area contributed by atoms with Crippen molar-refractivity contribution in [3.8, 4) is 17.9 Å². The second kappa shape index (κ2) is 6.60. The summed E-state index contributed by atoms with van der Waals surface area (Å²) in [7, 11) is -1.90. The van der Waals surface area contributed by atoms with Gasteiger partial charge in [-0.15, -0.1) is 0 Å². The van der Waals surface area contributed by atoms with Crippen LogP contribution in [-0.2, 0) is 9.84 Å². The summed E-state index contributed by atoms with van der Waals surface area (Å²) < 4.78 is 28.7. The molecule has 0 atom stereocenters. The predicted octanol–water partition coefficient (Wildman–Crippen LogP) is 1.83. The molecule has 0 bridgehead atoms. The van der Waals surface area contributed by atoms with Gasteiger partial charge in [-0.1, -0.05) is 6.92 Å². The largest absolute Gasteiger partial charge is 0.495 e. The van der Waals surface area contributed by atoms with Crippen molar-refractivity contribution in [3.63, 3.8) is 0 Å². The molecule has 1 rings (SSSR count). The van der Waals surface area contributed by atoms with Gasteiger partial charge in [-0.05, 0) is 18.2 Å². The molecule has 0 aliphatic carbocycles. The van der Waals surface area contributed by atoms with E-state index in [1.54, 1.807) is 19.1 Å². The topological polar surface area (TPSA) is 103 Å². The van der Waals surface area contributed by atoms with Crippen LogP contribution in [0.15, 0.2) is 34.9 Å². The third-order valence-electron chi connectivity index (χ3n) is 2.52. The lowest BCUT2D eigenvalue weighted by molar-refractivity contribution is 0.416. The third kappa shape index (κ3) is 3.50. The Labute approximate surface area is 117 Å². The maximum absolute atomic E-state index is 11.8. The molecular formula is C13H13N3O3S. The third-order valence-corrected chi connectivity index (χ3v) is 4.26. The van der Waals surface area contributed by atoms with Gasteiger partial charge >= 0.3 is 0 Å². The molecule has 104 valence electrons. The first-order valence-electron chi connectivity index (χ1n) is 5.66. The summed E-state index contributed by atoms with van der Waals surface area (Å²) in [6, 6.07) is 7.75. The number of hydrogen-bond acceptors (Lipinski definition) is 6. The summed E-state index contributed by atoms with van der Waals surface area (Å²) in [6.45, 7) is 1.55. The molecule has 1 aromatic carbocycles. The molecule has 0 heterocycles. The van der Waals surface area contributed by atoms with E-state index in [9.17, 15) is 8.42 Å². The lowest BCUT2D eigenvalue weighted by atomic mass is 10.3. The normalized spacial score (nSPS) is 10.0. The van der Waals surface area contributed by atoms with Crippen LogP contribution in [0.1, 0.15) is 6.92 Å². The van der Waals surface area contributed by atoms with E-state index in [-0.39, 0.29) is 16.2 Å². The molecule has 0 saturated carbocycles. The Morgan fingerprint density at radius 2 is 2.05 bits per heavy atom. The van der Waals surface area contributed by atoms with Gasteiger partial charge in [0.1, 0.15) is 23.5 Å². The lowest BCUT2D eigenvalue weighted by Crippen LogP contribution is -2.05. The number of nitriles is 2.